The number of anilines is 1. The number of nitrogens with zero attached hydrogens (tertiary/aromatic N) is 1. The molecular weight excluding hydrogens is 304 g/mol. The van der Waals surface area contributed by atoms with Crippen LogP contribution in [0.15, 0.2) is 24.3 Å². The second-order valence-corrected chi connectivity index (χ2v) is 6.17. The molecule has 1 aromatic rings. The molecule has 2 aliphatic rings. The first-order chi connectivity index (χ1) is 10.6. The van der Waals surface area contributed by atoms with E-state index in [4.69, 9.17) is 16.3 Å². The van der Waals surface area contributed by atoms with Crippen molar-refractivity contribution in [3.05, 3.63) is 29.3 Å². The van der Waals surface area contributed by atoms with Crippen molar-refractivity contribution >= 4 is 29.1 Å². The molecule has 0 aromatic heterocycles. The fourth-order valence-corrected chi connectivity index (χ4v) is 3.24. The molecular formula is C16H19ClN2O3. The summed E-state index contributed by atoms with van der Waals surface area (Å²) in [4.78, 5) is 26.4. The van der Waals surface area contributed by atoms with Crippen LogP contribution in [-0.2, 0) is 14.3 Å². The maximum absolute atomic E-state index is 12.4. The van der Waals surface area contributed by atoms with Gasteiger partial charge in [0.2, 0.25) is 11.8 Å². The van der Waals surface area contributed by atoms with Gasteiger partial charge in [-0.05, 0) is 25.0 Å². The third-order valence-electron chi connectivity index (χ3n) is 4.29. The van der Waals surface area contributed by atoms with Gasteiger partial charge in [0.25, 0.3) is 0 Å². The summed E-state index contributed by atoms with van der Waals surface area (Å²) in [6, 6.07) is 7.32. The number of rotatable bonds is 3. The van der Waals surface area contributed by atoms with Crippen LogP contribution in [0.25, 0.3) is 0 Å². The van der Waals surface area contributed by atoms with Gasteiger partial charge in [0, 0.05) is 32.2 Å². The fraction of sp³-hybridized carbons (Fsp3) is 0.500. The number of hydrogen-bond donors (Lipinski definition) is 1. The number of carbonyl (C=O) groups is 2. The minimum Gasteiger partial charge on any atom is -0.381 e. The third kappa shape index (κ3) is 3.25. The van der Waals surface area contributed by atoms with Crippen LogP contribution in [0.1, 0.15) is 19.3 Å². The topological polar surface area (TPSA) is 58.6 Å². The van der Waals surface area contributed by atoms with E-state index in [9.17, 15) is 9.59 Å². The van der Waals surface area contributed by atoms with E-state index in [1.165, 1.54) is 0 Å². The van der Waals surface area contributed by atoms with Crippen LogP contribution in [0, 0.1) is 5.92 Å². The molecule has 0 bridgehead atoms. The van der Waals surface area contributed by atoms with Gasteiger partial charge >= 0.3 is 0 Å². The molecule has 0 saturated carbocycles. The number of likely N-dealkylation sites (tertiary alicyclic amines) is 1. The van der Waals surface area contributed by atoms with E-state index in [0.717, 1.165) is 12.8 Å². The zero-order valence-electron chi connectivity index (χ0n) is 12.3. The van der Waals surface area contributed by atoms with Crippen molar-refractivity contribution in [2.24, 2.45) is 5.92 Å². The van der Waals surface area contributed by atoms with E-state index >= 15 is 0 Å². The predicted molar refractivity (Wildman–Crippen MR) is 83.7 cm³/mol. The summed E-state index contributed by atoms with van der Waals surface area (Å²) < 4.78 is 5.33. The molecule has 3 rings (SSSR count). The monoisotopic (exact) mass is 322 g/mol. The number of ether oxygens (including phenoxy) is 1. The predicted octanol–water partition coefficient (Wildman–Crippen LogP) is 2.31. The Morgan fingerprint density at radius 2 is 2.00 bits per heavy atom. The van der Waals surface area contributed by atoms with Crippen molar-refractivity contribution in [3.8, 4) is 0 Å². The van der Waals surface area contributed by atoms with E-state index in [1.54, 1.807) is 12.1 Å². The summed E-state index contributed by atoms with van der Waals surface area (Å²) in [5, 5.41) is 3.32. The molecule has 0 radical (unpaired) electrons. The molecule has 1 unspecified atom stereocenters. The minimum absolute atomic E-state index is 0.0613. The lowest BCUT2D eigenvalue weighted by Crippen LogP contribution is -2.41. The molecule has 2 saturated heterocycles. The van der Waals surface area contributed by atoms with E-state index in [0.29, 0.717) is 30.5 Å². The Labute approximate surface area is 134 Å². The maximum atomic E-state index is 12.4. The molecule has 2 fully saturated rings. The lowest BCUT2D eigenvalue weighted by atomic mass is 10.1. The molecule has 5 nitrogen and oxygen atoms in total. The average Bonchev–Trinajstić information content (AvgIpc) is 2.92. The highest BCUT2D eigenvalue weighted by Crippen LogP contribution is 2.27. The largest absolute Gasteiger partial charge is 0.381 e. The molecule has 2 aliphatic heterocycles. The van der Waals surface area contributed by atoms with Gasteiger partial charge < -0.3 is 15.0 Å². The van der Waals surface area contributed by atoms with Crippen LogP contribution in [0.3, 0.4) is 0 Å². The average molecular weight is 323 g/mol. The van der Waals surface area contributed by atoms with Crippen molar-refractivity contribution in [1.29, 1.82) is 0 Å². The van der Waals surface area contributed by atoms with Crippen LogP contribution >= 0.6 is 11.6 Å². The summed E-state index contributed by atoms with van der Waals surface area (Å²) in [6.45, 7) is 1.86. The third-order valence-corrected chi connectivity index (χ3v) is 4.62. The first kappa shape index (κ1) is 15.3. The SMILES string of the molecule is O=C(Nc1ccccc1Cl)C1CC(=O)N(C2CCOCC2)C1. The smallest absolute Gasteiger partial charge is 0.229 e. The van der Waals surface area contributed by atoms with Gasteiger partial charge in [0.05, 0.1) is 16.6 Å². The van der Waals surface area contributed by atoms with E-state index < -0.39 is 0 Å². The summed E-state index contributed by atoms with van der Waals surface area (Å²) in [5.41, 5.74) is 0.589. The van der Waals surface area contributed by atoms with Crippen LogP contribution in [0.5, 0.6) is 0 Å². The number of hydrogen-bond acceptors (Lipinski definition) is 3. The van der Waals surface area contributed by atoms with Gasteiger partial charge in [0.1, 0.15) is 0 Å². The Morgan fingerprint density at radius 3 is 2.73 bits per heavy atom. The van der Waals surface area contributed by atoms with Gasteiger partial charge in [-0.15, -0.1) is 0 Å². The van der Waals surface area contributed by atoms with E-state index in [1.807, 2.05) is 17.0 Å². The number of benzene rings is 1. The van der Waals surface area contributed by atoms with Crippen molar-refractivity contribution < 1.29 is 14.3 Å². The fourth-order valence-electron chi connectivity index (χ4n) is 3.05. The number of halogens is 1. The molecule has 2 amide bonds. The zero-order valence-corrected chi connectivity index (χ0v) is 13.0. The molecule has 2 heterocycles. The van der Waals surface area contributed by atoms with Crippen LogP contribution in [-0.4, -0.2) is 42.5 Å². The summed E-state index contributed by atoms with van der Waals surface area (Å²) in [6.07, 6.45) is 1.98. The summed E-state index contributed by atoms with van der Waals surface area (Å²) >= 11 is 6.05. The van der Waals surface area contributed by atoms with Crippen molar-refractivity contribution in [3.63, 3.8) is 0 Å². The standard InChI is InChI=1S/C16H19ClN2O3/c17-13-3-1-2-4-14(13)18-16(21)11-9-15(20)19(10-11)12-5-7-22-8-6-12/h1-4,11-12H,5-10H2,(H,18,21). The summed E-state index contributed by atoms with van der Waals surface area (Å²) in [7, 11) is 0. The second-order valence-electron chi connectivity index (χ2n) is 5.76. The molecule has 0 spiro atoms. The minimum atomic E-state index is -0.313. The maximum Gasteiger partial charge on any atom is 0.229 e. The van der Waals surface area contributed by atoms with Crippen LogP contribution in [0.2, 0.25) is 5.02 Å². The van der Waals surface area contributed by atoms with Crippen LogP contribution in [0.4, 0.5) is 5.69 Å². The number of para-hydroxylation sites is 1. The number of nitrogens with one attached hydrogen (secondary N) is 1. The molecule has 0 aliphatic carbocycles. The van der Waals surface area contributed by atoms with Crippen molar-refractivity contribution in [2.45, 2.75) is 25.3 Å². The number of amides is 2. The van der Waals surface area contributed by atoms with E-state index in [2.05, 4.69) is 5.32 Å². The molecule has 22 heavy (non-hydrogen) atoms. The quantitative estimate of drug-likeness (QED) is 0.929. The van der Waals surface area contributed by atoms with Gasteiger partial charge in [-0.1, -0.05) is 23.7 Å². The van der Waals surface area contributed by atoms with Gasteiger partial charge in [-0.3, -0.25) is 9.59 Å². The molecule has 1 aromatic carbocycles. The van der Waals surface area contributed by atoms with Gasteiger partial charge in [-0.2, -0.15) is 0 Å². The summed E-state index contributed by atoms with van der Waals surface area (Å²) in [5.74, 6) is -0.395. The highest BCUT2D eigenvalue weighted by molar-refractivity contribution is 6.33. The first-order valence-electron chi connectivity index (χ1n) is 7.58. The Bertz CT molecular complexity index is 572. The molecule has 118 valence electrons. The Balaban J connectivity index is 1.62. The Kier molecular flexibility index (Phi) is 4.64. The van der Waals surface area contributed by atoms with E-state index in [-0.39, 0.29) is 30.2 Å². The highest BCUT2D eigenvalue weighted by Gasteiger charge is 2.38. The highest BCUT2D eigenvalue weighted by atomic mass is 35.5. The zero-order chi connectivity index (χ0) is 15.5. The van der Waals surface area contributed by atoms with Gasteiger partial charge in [-0.25, -0.2) is 0 Å². The molecule has 6 heteroatoms. The molecule has 1 atom stereocenters. The molecule has 1 N–H and O–H groups in total. The normalized spacial score (nSPS) is 22.9. The lowest BCUT2D eigenvalue weighted by molar-refractivity contribution is -0.131. The van der Waals surface area contributed by atoms with Gasteiger partial charge in [0.15, 0.2) is 0 Å². The van der Waals surface area contributed by atoms with Crippen molar-refractivity contribution in [1.82, 2.24) is 4.90 Å². The second kappa shape index (κ2) is 6.67. The first-order valence-corrected chi connectivity index (χ1v) is 7.95. The van der Waals surface area contributed by atoms with Crippen molar-refractivity contribution in [2.75, 3.05) is 25.1 Å². The Hall–Kier alpha value is -1.59. The lowest BCUT2D eigenvalue weighted by Gasteiger charge is -2.31. The Morgan fingerprint density at radius 1 is 1.27 bits per heavy atom. The van der Waals surface area contributed by atoms with Crippen LogP contribution < -0.4 is 5.32 Å². The number of carbonyl (C=O) groups excluding carboxylic acids is 2.